The van der Waals surface area contributed by atoms with Gasteiger partial charge in [-0.2, -0.15) is 0 Å². The van der Waals surface area contributed by atoms with Gasteiger partial charge in [-0.3, -0.25) is 0 Å². The van der Waals surface area contributed by atoms with E-state index < -0.39 is 0 Å². The van der Waals surface area contributed by atoms with Gasteiger partial charge in [-0.25, -0.2) is 4.39 Å². The molecule has 0 atom stereocenters. The van der Waals surface area contributed by atoms with E-state index in [2.05, 4.69) is 6.07 Å². The quantitative estimate of drug-likeness (QED) is 0.583. The summed E-state index contributed by atoms with van der Waals surface area (Å²) in [6.45, 7) is 0. The second-order valence-corrected chi connectivity index (χ2v) is 3.49. The molecule has 2 heteroatoms. The smallest absolute Gasteiger partial charge is 0.135 e. The maximum absolute atomic E-state index is 13.6. The van der Waals surface area contributed by atoms with Gasteiger partial charge in [-0.1, -0.05) is 18.2 Å². The predicted molar refractivity (Wildman–Crippen MR) is 58.0 cm³/mol. The van der Waals surface area contributed by atoms with Crippen molar-refractivity contribution in [2.75, 3.05) is 7.11 Å². The molecule has 0 aliphatic carbocycles. The van der Waals surface area contributed by atoms with Crippen molar-refractivity contribution in [1.82, 2.24) is 0 Å². The van der Waals surface area contributed by atoms with Crippen molar-refractivity contribution in [2.24, 2.45) is 0 Å². The van der Waals surface area contributed by atoms with Gasteiger partial charge in [0.15, 0.2) is 0 Å². The van der Waals surface area contributed by atoms with Gasteiger partial charge in [0, 0.05) is 16.8 Å². The van der Waals surface area contributed by atoms with Gasteiger partial charge < -0.3 is 4.74 Å². The summed E-state index contributed by atoms with van der Waals surface area (Å²) < 4.78 is 18.8. The summed E-state index contributed by atoms with van der Waals surface area (Å²) in [7, 11) is 1.57. The SMILES string of the molecule is COc1[c]ccc2c3ccc(c(F)c3)c12. The minimum Gasteiger partial charge on any atom is -0.495 e. The van der Waals surface area contributed by atoms with Crippen LogP contribution in [0.3, 0.4) is 0 Å². The molecule has 0 N–H and O–H groups in total. The van der Waals surface area contributed by atoms with Gasteiger partial charge in [0.2, 0.25) is 0 Å². The Labute approximate surface area is 86.4 Å². The fourth-order valence-electron chi connectivity index (χ4n) is 2.03. The van der Waals surface area contributed by atoms with E-state index in [1.165, 1.54) is 0 Å². The lowest BCUT2D eigenvalue weighted by Crippen LogP contribution is -1.90. The van der Waals surface area contributed by atoms with Crippen LogP contribution in [0.15, 0.2) is 30.3 Å². The first-order valence-corrected chi connectivity index (χ1v) is 4.70. The highest BCUT2D eigenvalue weighted by Crippen LogP contribution is 2.35. The van der Waals surface area contributed by atoms with Crippen molar-refractivity contribution < 1.29 is 9.13 Å². The lowest BCUT2D eigenvalue weighted by atomic mass is 9.98. The van der Waals surface area contributed by atoms with Gasteiger partial charge >= 0.3 is 0 Å². The van der Waals surface area contributed by atoms with Crippen LogP contribution in [0.1, 0.15) is 0 Å². The van der Waals surface area contributed by atoms with Crippen molar-refractivity contribution in [3.8, 4) is 5.75 Å². The summed E-state index contributed by atoms with van der Waals surface area (Å²) in [4.78, 5) is 0. The molecule has 0 aliphatic heterocycles. The molecule has 0 saturated carbocycles. The lowest BCUT2D eigenvalue weighted by molar-refractivity contribution is 0.419. The number of hydrogen-bond donors (Lipinski definition) is 0. The molecule has 1 nitrogen and oxygen atoms in total. The zero-order chi connectivity index (χ0) is 10.4. The Morgan fingerprint density at radius 1 is 1.20 bits per heavy atom. The highest BCUT2D eigenvalue weighted by atomic mass is 19.1. The summed E-state index contributed by atoms with van der Waals surface area (Å²) in [6, 6.07) is 11.9. The molecule has 4 rings (SSSR count). The first-order chi connectivity index (χ1) is 7.31. The van der Waals surface area contributed by atoms with E-state index in [0.29, 0.717) is 11.1 Å². The number of methoxy groups -OCH3 is 1. The zero-order valence-corrected chi connectivity index (χ0v) is 8.17. The van der Waals surface area contributed by atoms with Crippen molar-refractivity contribution >= 4 is 21.5 Å². The number of hydrogen-bond acceptors (Lipinski definition) is 1. The van der Waals surface area contributed by atoms with E-state index in [1.54, 1.807) is 25.3 Å². The highest BCUT2D eigenvalue weighted by Gasteiger charge is 2.11. The van der Waals surface area contributed by atoms with Gasteiger partial charge in [0.05, 0.1) is 7.11 Å². The molecule has 2 bridgehead atoms. The summed E-state index contributed by atoms with van der Waals surface area (Å²) in [5.74, 6) is 0.408. The molecule has 15 heavy (non-hydrogen) atoms. The van der Waals surface area contributed by atoms with Gasteiger partial charge in [0.25, 0.3) is 0 Å². The van der Waals surface area contributed by atoms with Crippen molar-refractivity contribution in [3.05, 3.63) is 42.2 Å². The number of ether oxygens (including phenoxy) is 1. The second-order valence-electron chi connectivity index (χ2n) is 3.49. The molecule has 4 aromatic rings. The fourth-order valence-corrected chi connectivity index (χ4v) is 2.03. The van der Waals surface area contributed by atoms with Gasteiger partial charge in [0.1, 0.15) is 11.6 Å². The van der Waals surface area contributed by atoms with Crippen LogP contribution in [0.25, 0.3) is 21.5 Å². The minimum atomic E-state index is -0.196. The Morgan fingerprint density at radius 2 is 2.07 bits per heavy atom. The molecule has 0 saturated heterocycles. The van der Waals surface area contributed by atoms with Crippen molar-refractivity contribution in [3.63, 3.8) is 0 Å². The van der Waals surface area contributed by atoms with Crippen LogP contribution in [-0.4, -0.2) is 7.11 Å². The molecule has 1 radical (unpaired) electrons. The summed E-state index contributed by atoms with van der Waals surface area (Å²) in [5.41, 5.74) is 0. The van der Waals surface area contributed by atoms with Gasteiger partial charge in [-0.15, -0.1) is 0 Å². The molecule has 0 amide bonds. The van der Waals surface area contributed by atoms with Crippen LogP contribution in [0.5, 0.6) is 5.75 Å². The summed E-state index contributed by atoms with van der Waals surface area (Å²) in [6.07, 6.45) is 0. The largest absolute Gasteiger partial charge is 0.495 e. The Morgan fingerprint density at radius 3 is 2.80 bits per heavy atom. The van der Waals surface area contributed by atoms with E-state index in [0.717, 1.165) is 16.2 Å². The Balaban J connectivity index is 2.62. The zero-order valence-electron chi connectivity index (χ0n) is 8.17. The third-order valence-electron chi connectivity index (χ3n) is 2.71. The van der Waals surface area contributed by atoms with Crippen molar-refractivity contribution in [2.45, 2.75) is 0 Å². The van der Waals surface area contributed by atoms with Crippen LogP contribution in [0, 0.1) is 11.9 Å². The molecule has 0 fully saturated rings. The van der Waals surface area contributed by atoms with E-state index in [9.17, 15) is 4.39 Å². The topological polar surface area (TPSA) is 9.23 Å². The molecule has 0 aromatic heterocycles. The van der Waals surface area contributed by atoms with Gasteiger partial charge in [-0.05, 0) is 22.9 Å². The Bertz CT molecular complexity index is 630. The van der Waals surface area contributed by atoms with E-state index in [-0.39, 0.29) is 5.82 Å². The normalized spacial score (nSPS) is 11.3. The fraction of sp³-hybridized carbons (Fsp3) is 0.0769. The predicted octanol–water partition coefficient (Wildman–Crippen LogP) is 3.38. The molecule has 4 aromatic carbocycles. The number of halogens is 1. The van der Waals surface area contributed by atoms with Crippen LogP contribution in [0.4, 0.5) is 4.39 Å². The maximum atomic E-state index is 13.6. The average Bonchev–Trinajstić information content (AvgIpc) is 2.29. The van der Waals surface area contributed by atoms with Crippen LogP contribution >= 0.6 is 0 Å². The van der Waals surface area contributed by atoms with E-state index >= 15 is 0 Å². The summed E-state index contributed by atoms with van der Waals surface area (Å²) in [5, 5.41) is 3.32. The van der Waals surface area contributed by atoms with E-state index in [1.807, 2.05) is 12.1 Å². The average molecular weight is 199 g/mol. The maximum Gasteiger partial charge on any atom is 0.135 e. The van der Waals surface area contributed by atoms with Crippen LogP contribution < -0.4 is 4.74 Å². The molecular formula is C13H8FO. The third kappa shape index (κ3) is 1.02. The van der Waals surface area contributed by atoms with E-state index in [4.69, 9.17) is 4.74 Å². The molecule has 0 spiro atoms. The molecular weight excluding hydrogens is 191 g/mol. The second kappa shape index (κ2) is 2.83. The van der Waals surface area contributed by atoms with Crippen LogP contribution in [0.2, 0.25) is 0 Å². The number of benzene rings is 4. The Hall–Kier alpha value is -1.83. The summed E-state index contributed by atoms with van der Waals surface area (Å²) >= 11 is 0. The van der Waals surface area contributed by atoms with Crippen LogP contribution in [-0.2, 0) is 0 Å². The number of fused-ring (bicyclic) bond motifs is 2. The Kier molecular flexibility index (Phi) is 1.60. The third-order valence-corrected chi connectivity index (χ3v) is 2.71. The van der Waals surface area contributed by atoms with Crippen molar-refractivity contribution in [1.29, 1.82) is 0 Å². The molecule has 0 unspecified atom stereocenters. The standard InChI is InChI=1S/C13H8FO/c1-15-12-4-2-3-9-8-5-6-10(13(9)12)11(14)7-8/h2-3,5-7H,1H3. The monoisotopic (exact) mass is 199 g/mol. The molecule has 0 aliphatic rings. The lowest BCUT2D eigenvalue weighted by Gasteiger charge is -2.11. The number of rotatable bonds is 1. The first-order valence-electron chi connectivity index (χ1n) is 4.70. The first kappa shape index (κ1) is 8.48. The molecule has 73 valence electrons. The molecule has 0 heterocycles. The highest BCUT2D eigenvalue weighted by molar-refractivity contribution is 6.12. The minimum absolute atomic E-state index is 0.196.